The van der Waals surface area contributed by atoms with Gasteiger partial charge in [0.25, 0.3) is 0 Å². The summed E-state index contributed by atoms with van der Waals surface area (Å²) in [6.45, 7) is 8.76. The number of fused-ring (bicyclic) bond motifs is 5. The first-order valence-electron chi connectivity index (χ1n) is 9.45. The first-order chi connectivity index (χ1) is 11.1. The molecule has 0 aromatic carbocycles. The van der Waals surface area contributed by atoms with Gasteiger partial charge in [-0.3, -0.25) is 4.79 Å². The van der Waals surface area contributed by atoms with Crippen molar-refractivity contribution in [2.75, 3.05) is 0 Å². The number of aliphatic hydroxyl groups is 2. The van der Waals surface area contributed by atoms with Crippen molar-refractivity contribution in [2.24, 2.45) is 34.5 Å². The van der Waals surface area contributed by atoms with Crippen LogP contribution in [0.15, 0.2) is 23.8 Å². The zero-order valence-corrected chi connectivity index (χ0v) is 15.2. The fourth-order valence-electron chi connectivity index (χ4n) is 6.63. The van der Waals surface area contributed by atoms with Crippen molar-refractivity contribution >= 4 is 5.78 Å². The summed E-state index contributed by atoms with van der Waals surface area (Å²) in [4.78, 5) is 12.0. The van der Waals surface area contributed by atoms with Gasteiger partial charge in [0, 0.05) is 5.41 Å². The third-order valence-electron chi connectivity index (χ3n) is 8.39. The van der Waals surface area contributed by atoms with Crippen molar-refractivity contribution in [3.63, 3.8) is 0 Å². The highest BCUT2D eigenvalue weighted by Crippen LogP contribution is 2.66. The summed E-state index contributed by atoms with van der Waals surface area (Å²) in [5.41, 5.74) is 0.349. The van der Waals surface area contributed by atoms with Crippen LogP contribution in [0, 0.1) is 34.5 Å². The Labute approximate surface area is 144 Å². The molecule has 8 atom stereocenters. The molecule has 2 saturated carbocycles. The van der Waals surface area contributed by atoms with Gasteiger partial charge in [0.15, 0.2) is 5.78 Å². The van der Waals surface area contributed by atoms with Gasteiger partial charge < -0.3 is 10.2 Å². The van der Waals surface area contributed by atoms with E-state index in [1.807, 2.05) is 13.0 Å². The van der Waals surface area contributed by atoms with Crippen molar-refractivity contribution in [1.82, 2.24) is 0 Å². The molecular formula is C21H30O3. The van der Waals surface area contributed by atoms with Crippen LogP contribution in [0.4, 0.5) is 0 Å². The van der Waals surface area contributed by atoms with Gasteiger partial charge in [0.1, 0.15) is 6.10 Å². The first-order valence-corrected chi connectivity index (χ1v) is 9.45. The molecule has 0 aromatic rings. The number of hydrogen-bond acceptors (Lipinski definition) is 3. The molecule has 24 heavy (non-hydrogen) atoms. The van der Waals surface area contributed by atoms with Crippen molar-refractivity contribution < 1.29 is 15.0 Å². The molecule has 3 heteroatoms. The van der Waals surface area contributed by atoms with Crippen LogP contribution >= 0.6 is 0 Å². The quantitative estimate of drug-likeness (QED) is 0.670. The highest BCUT2D eigenvalue weighted by atomic mass is 16.3. The average molecular weight is 330 g/mol. The SMILES string of the molecule is C[C@@H]1CC2=CC(=O)C(O)C[C@]2(C)[C@H]2CC[C@@]3(C)[C@@H](C=C[C@]3(C)O)[C@H]12. The maximum absolute atomic E-state index is 12.0. The van der Waals surface area contributed by atoms with Crippen molar-refractivity contribution in [3.8, 4) is 0 Å². The van der Waals surface area contributed by atoms with Gasteiger partial charge in [0.05, 0.1) is 5.60 Å². The highest BCUT2D eigenvalue weighted by molar-refractivity contribution is 5.95. The van der Waals surface area contributed by atoms with Crippen LogP contribution in [0.25, 0.3) is 0 Å². The molecule has 3 nitrogen and oxygen atoms in total. The van der Waals surface area contributed by atoms with Crippen LogP contribution in [0.5, 0.6) is 0 Å². The number of carbonyl (C=O) groups is 1. The van der Waals surface area contributed by atoms with Gasteiger partial charge in [-0.1, -0.05) is 38.5 Å². The van der Waals surface area contributed by atoms with Gasteiger partial charge in [-0.05, 0) is 67.8 Å². The maximum atomic E-state index is 12.0. The van der Waals surface area contributed by atoms with Gasteiger partial charge >= 0.3 is 0 Å². The predicted octanol–water partition coefficient (Wildman–Crippen LogP) is 3.26. The minimum atomic E-state index is -0.844. The summed E-state index contributed by atoms with van der Waals surface area (Å²) < 4.78 is 0. The number of aliphatic hydroxyl groups excluding tert-OH is 1. The predicted molar refractivity (Wildman–Crippen MR) is 93.2 cm³/mol. The smallest absolute Gasteiger partial charge is 0.184 e. The third kappa shape index (κ3) is 1.89. The van der Waals surface area contributed by atoms with E-state index in [4.69, 9.17) is 0 Å². The zero-order chi connectivity index (χ0) is 17.5. The monoisotopic (exact) mass is 330 g/mol. The lowest BCUT2D eigenvalue weighted by Gasteiger charge is -2.61. The maximum Gasteiger partial charge on any atom is 0.184 e. The molecule has 0 aliphatic heterocycles. The Balaban J connectivity index is 1.77. The number of hydrogen-bond donors (Lipinski definition) is 2. The molecule has 4 rings (SSSR count). The standard InChI is InChI=1S/C21H30O3/c1-12-9-13-10-16(22)17(23)11-19(13,2)14-5-7-20(3)15(18(12)14)6-8-21(20,4)24/h6,8,10,12,14-15,17-18,23-24H,5,7,9,11H2,1-4H3/t12-,14+,15+,17?,18-,19+,20+,21+/m1/s1. The normalized spacial score (nSPS) is 56.3. The molecule has 4 aliphatic rings. The number of rotatable bonds is 0. The van der Waals surface area contributed by atoms with E-state index in [0.717, 1.165) is 19.3 Å². The van der Waals surface area contributed by atoms with Crippen LogP contribution in [0.2, 0.25) is 0 Å². The van der Waals surface area contributed by atoms with E-state index in [-0.39, 0.29) is 16.6 Å². The van der Waals surface area contributed by atoms with E-state index in [1.165, 1.54) is 5.57 Å². The Morgan fingerprint density at radius 2 is 1.96 bits per heavy atom. The van der Waals surface area contributed by atoms with Crippen LogP contribution in [0.3, 0.4) is 0 Å². The van der Waals surface area contributed by atoms with Gasteiger partial charge in [0.2, 0.25) is 0 Å². The van der Waals surface area contributed by atoms with E-state index in [2.05, 4.69) is 26.8 Å². The summed E-state index contributed by atoms with van der Waals surface area (Å²) in [6.07, 6.45) is 8.74. The topological polar surface area (TPSA) is 57.5 Å². The van der Waals surface area contributed by atoms with Crippen LogP contribution in [-0.2, 0) is 4.79 Å². The first kappa shape index (κ1) is 16.5. The second-order valence-electron chi connectivity index (χ2n) is 9.56. The summed E-state index contributed by atoms with van der Waals surface area (Å²) in [5.74, 6) is 1.76. The number of carbonyl (C=O) groups excluding carboxylic acids is 1. The number of ketones is 1. The molecule has 4 aliphatic carbocycles. The summed E-state index contributed by atoms with van der Waals surface area (Å²) >= 11 is 0. The molecule has 0 bridgehead atoms. The second-order valence-corrected chi connectivity index (χ2v) is 9.56. The zero-order valence-electron chi connectivity index (χ0n) is 15.2. The third-order valence-corrected chi connectivity index (χ3v) is 8.39. The fraction of sp³-hybridized carbons (Fsp3) is 0.762. The van der Waals surface area contributed by atoms with Crippen LogP contribution in [-0.4, -0.2) is 27.7 Å². The van der Waals surface area contributed by atoms with Crippen molar-refractivity contribution in [1.29, 1.82) is 0 Å². The molecular weight excluding hydrogens is 300 g/mol. The Bertz CT molecular complexity index is 645. The lowest BCUT2D eigenvalue weighted by molar-refractivity contribution is -0.135. The Kier molecular flexibility index (Phi) is 3.32. The minimum Gasteiger partial charge on any atom is -0.385 e. The van der Waals surface area contributed by atoms with Crippen molar-refractivity contribution in [2.45, 2.75) is 65.1 Å². The lowest BCUT2D eigenvalue weighted by atomic mass is 9.44. The Morgan fingerprint density at radius 3 is 2.67 bits per heavy atom. The largest absolute Gasteiger partial charge is 0.385 e. The van der Waals surface area contributed by atoms with Gasteiger partial charge in [-0.25, -0.2) is 0 Å². The van der Waals surface area contributed by atoms with Crippen LogP contribution < -0.4 is 0 Å². The van der Waals surface area contributed by atoms with Crippen molar-refractivity contribution in [3.05, 3.63) is 23.8 Å². The van der Waals surface area contributed by atoms with Gasteiger partial charge in [-0.15, -0.1) is 0 Å². The molecule has 2 fully saturated rings. The fourth-order valence-corrected chi connectivity index (χ4v) is 6.63. The summed E-state index contributed by atoms with van der Waals surface area (Å²) in [7, 11) is 0. The van der Waals surface area contributed by atoms with E-state index >= 15 is 0 Å². The second kappa shape index (κ2) is 4.82. The summed E-state index contributed by atoms with van der Waals surface area (Å²) in [5, 5.41) is 21.1. The molecule has 2 N–H and O–H groups in total. The minimum absolute atomic E-state index is 0.0753. The molecule has 132 valence electrons. The Morgan fingerprint density at radius 1 is 1.25 bits per heavy atom. The van der Waals surface area contributed by atoms with E-state index in [0.29, 0.717) is 30.1 Å². The molecule has 0 radical (unpaired) electrons. The number of allylic oxidation sites excluding steroid dienone is 2. The summed E-state index contributed by atoms with van der Waals surface area (Å²) in [6, 6.07) is 0. The van der Waals surface area contributed by atoms with E-state index < -0.39 is 11.7 Å². The Hall–Kier alpha value is -0.930. The van der Waals surface area contributed by atoms with Crippen LogP contribution in [0.1, 0.15) is 53.4 Å². The molecule has 0 saturated heterocycles. The van der Waals surface area contributed by atoms with E-state index in [9.17, 15) is 15.0 Å². The van der Waals surface area contributed by atoms with E-state index in [1.54, 1.807) is 6.08 Å². The molecule has 0 spiro atoms. The molecule has 1 unspecified atom stereocenters. The molecule has 0 aromatic heterocycles. The average Bonchev–Trinajstić information content (AvgIpc) is 2.73. The molecule has 0 amide bonds. The van der Waals surface area contributed by atoms with Gasteiger partial charge in [-0.2, -0.15) is 0 Å². The highest BCUT2D eigenvalue weighted by Gasteiger charge is 2.62. The lowest BCUT2D eigenvalue weighted by Crippen LogP contribution is -2.57. The molecule has 0 heterocycles.